The molecular weight excluding hydrogens is 300 g/mol. The molecule has 3 rings (SSSR count). The standard InChI is InChI=1S/C20H22N2O2/c1-14(15-9-10-18-16(13-15)11-12-24-18)19(20(23)22(2)3)21-17-7-5-4-6-8-17/h4-14,19,21H,1-3H3/t14-,19-/m0/s1. The molecule has 0 spiro atoms. The molecule has 4 nitrogen and oxygen atoms in total. The third kappa shape index (κ3) is 3.27. The summed E-state index contributed by atoms with van der Waals surface area (Å²) in [6, 6.07) is 17.5. The van der Waals surface area contributed by atoms with Crippen molar-refractivity contribution in [3.63, 3.8) is 0 Å². The summed E-state index contributed by atoms with van der Waals surface area (Å²) in [7, 11) is 3.57. The van der Waals surface area contributed by atoms with Gasteiger partial charge >= 0.3 is 0 Å². The first kappa shape index (κ1) is 16.1. The third-order valence-electron chi connectivity index (χ3n) is 4.31. The van der Waals surface area contributed by atoms with E-state index in [1.54, 1.807) is 25.3 Å². The minimum atomic E-state index is -0.341. The summed E-state index contributed by atoms with van der Waals surface area (Å²) in [5.74, 6) is 0.0676. The summed E-state index contributed by atoms with van der Waals surface area (Å²) in [6.07, 6.45) is 1.68. The second-order valence-electron chi connectivity index (χ2n) is 6.23. The summed E-state index contributed by atoms with van der Waals surface area (Å²) < 4.78 is 5.40. The van der Waals surface area contributed by atoms with E-state index in [1.165, 1.54) is 0 Å². The van der Waals surface area contributed by atoms with E-state index in [-0.39, 0.29) is 17.9 Å². The minimum Gasteiger partial charge on any atom is -0.464 e. The zero-order chi connectivity index (χ0) is 17.1. The quantitative estimate of drug-likeness (QED) is 0.769. The number of furan rings is 1. The zero-order valence-electron chi connectivity index (χ0n) is 14.2. The number of rotatable bonds is 5. The lowest BCUT2D eigenvalue weighted by Crippen LogP contribution is -2.42. The van der Waals surface area contributed by atoms with Gasteiger partial charge in [0.25, 0.3) is 0 Å². The lowest BCUT2D eigenvalue weighted by atomic mass is 9.91. The average molecular weight is 322 g/mol. The fraction of sp³-hybridized carbons (Fsp3) is 0.250. The Morgan fingerprint density at radius 3 is 2.54 bits per heavy atom. The van der Waals surface area contributed by atoms with E-state index < -0.39 is 0 Å². The lowest BCUT2D eigenvalue weighted by Gasteiger charge is -2.28. The molecule has 0 unspecified atom stereocenters. The zero-order valence-corrected chi connectivity index (χ0v) is 14.2. The Labute approximate surface area is 142 Å². The van der Waals surface area contributed by atoms with Gasteiger partial charge in [0.15, 0.2) is 0 Å². The summed E-state index contributed by atoms with van der Waals surface area (Å²) >= 11 is 0. The molecule has 0 fully saturated rings. The second kappa shape index (κ2) is 6.79. The van der Waals surface area contributed by atoms with Crippen LogP contribution in [-0.2, 0) is 4.79 Å². The number of anilines is 1. The summed E-state index contributed by atoms with van der Waals surface area (Å²) in [5, 5.41) is 4.44. The van der Waals surface area contributed by atoms with Crippen LogP contribution in [0.5, 0.6) is 0 Å². The molecule has 1 heterocycles. The molecule has 24 heavy (non-hydrogen) atoms. The van der Waals surface area contributed by atoms with E-state index in [4.69, 9.17) is 4.42 Å². The predicted octanol–water partition coefficient (Wildman–Crippen LogP) is 4.11. The van der Waals surface area contributed by atoms with Crippen molar-refractivity contribution in [2.24, 2.45) is 0 Å². The monoisotopic (exact) mass is 322 g/mol. The molecule has 1 aromatic heterocycles. The Bertz CT molecular complexity index is 824. The molecule has 2 aromatic carbocycles. The Morgan fingerprint density at radius 1 is 1.08 bits per heavy atom. The highest BCUT2D eigenvalue weighted by atomic mass is 16.3. The maximum Gasteiger partial charge on any atom is 0.245 e. The van der Waals surface area contributed by atoms with Crippen molar-refractivity contribution in [2.45, 2.75) is 18.9 Å². The van der Waals surface area contributed by atoms with E-state index in [0.717, 1.165) is 22.2 Å². The van der Waals surface area contributed by atoms with Gasteiger partial charge in [0.05, 0.1) is 6.26 Å². The SMILES string of the molecule is C[C@@H](c1ccc2occc2c1)[C@H](Nc1ccccc1)C(=O)N(C)C. The van der Waals surface area contributed by atoms with Crippen LogP contribution in [0.15, 0.2) is 65.3 Å². The maximum absolute atomic E-state index is 12.7. The van der Waals surface area contributed by atoms with Gasteiger partial charge in [-0.25, -0.2) is 0 Å². The van der Waals surface area contributed by atoms with Crippen LogP contribution in [0.25, 0.3) is 11.0 Å². The van der Waals surface area contributed by atoms with Crippen molar-refractivity contribution < 1.29 is 9.21 Å². The number of carbonyl (C=O) groups is 1. The predicted molar refractivity (Wildman–Crippen MR) is 97.2 cm³/mol. The van der Waals surface area contributed by atoms with Crippen molar-refractivity contribution >= 4 is 22.6 Å². The molecule has 0 saturated carbocycles. The molecule has 0 radical (unpaired) electrons. The number of nitrogens with zero attached hydrogens (tertiary/aromatic N) is 1. The minimum absolute atomic E-state index is 0.0133. The molecule has 4 heteroatoms. The molecule has 1 amide bonds. The number of hydrogen-bond acceptors (Lipinski definition) is 3. The van der Waals surface area contributed by atoms with E-state index in [0.29, 0.717) is 0 Å². The number of amides is 1. The van der Waals surface area contributed by atoms with Gasteiger partial charge in [-0.05, 0) is 35.9 Å². The van der Waals surface area contributed by atoms with Crippen molar-refractivity contribution in [1.82, 2.24) is 4.90 Å². The highest BCUT2D eigenvalue weighted by Gasteiger charge is 2.27. The van der Waals surface area contributed by atoms with Crippen LogP contribution in [-0.4, -0.2) is 30.9 Å². The van der Waals surface area contributed by atoms with E-state index in [2.05, 4.69) is 18.3 Å². The molecule has 3 aromatic rings. The molecule has 0 aliphatic rings. The second-order valence-corrected chi connectivity index (χ2v) is 6.23. The Balaban J connectivity index is 1.92. The highest BCUT2D eigenvalue weighted by molar-refractivity contribution is 5.86. The molecular formula is C20H22N2O2. The largest absolute Gasteiger partial charge is 0.464 e. The van der Waals surface area contributed by atoms with Crippen molar-refractivity contribution in [2.75, 3.05) is 19.4 Å². The van der Waals surface area contributed by atoms with Crippen LogP contribution in [0.4, 0.5) is 5.69 Å². The first-order valence-electron chi connectivity index (χ1n) is 8.06. The van der Waals surface area contributed by atoms with Gasteiger partial charge in [-0.15, -0.1) is 0 Å². The number of likely N-dealkylation sites (N-methyl/N-ethyl adjacent to an activating group) is 1. The summed E-state index contributed by atoms with van der Waals surface area (Å²) in [4.78, 5) is 14.4. The Morgan fingerprint density at radius 2 is 1.83 bits per heavy atom. The first-order valence-corrected chi connectivity index (χ1v) is 8.06. The van der Waals surface area contributed by atoms with Crippen molar-refractivity contribution in [3.8, 4) is 0 Å². The van der Waals surface area contributed by atoms with Crippen LogP contribution < -0.4 is 5.32 Å². The van der Waals surface area contributed by atoms with Gasteiger partial charge in [-0.3, -0.25) is 4.79 Å². The fourth-order valence-corrected chi connectivity index (χ4v) is 2.85. The van der Waals surface area contributed by atoms with E-state index in [9.17, 15) is 4.79 Å². The van der Waals surface area contributed by atoms with E-state index in [1.807, 2.05) is 48.5 Å². The number of fused-ring (bicyclic) bond motifs is 1. The molecule has 0 saturated heterocycles. The topological polar surface area (TPSA) is 45.5 Å². The summed E-state index contributed by atoms with van der Waals surface area (Å²) in [6.45, 7) is 2.07. The van der Waals surface area contributed by atoms with Gasteiger partial charge in [0.1, 0.15) is 11.6 Å². The first-order chi connectivity index (χ1) is 11.6. The molecule has 0 aliphatic heterocycles. The molecule has 0 aliphatic carbocycles. The third-order valence-corrected chi connectivity index (χ3v) is 4.31. The maximum atomic E-state index is 12.7. The van der Waals surface area contributed by atoms with E-state index >= 15 is 0 Å². The Kier molecular flexibility index (Phi) is 4.56. The molecule has 2 atom stereocenters. The summed E-state index contributed by atoms with van der Waals surface area (Å²) in [5.41, 5.74) is 2.90. The number of carbonyl (C=O) groups excluding carboxylic acids is 1. The number of nitrogens with one attached hydrogen (secondary N) is 1. The van der Waals surface area contributed by atoms with Crippen LogP contribution in [0.1, 0.15) is 18.4 Å². The highest BCUT2D eigenvalue weighted by Crippen LogP contribution is 2.27. The number of para-hydroxylation sites is 1. The van der Waals surface area contributed by atoms with Crippen molar-refractivity contribution in [1.29, 1.82) is 0 Å². The van der Waals surface area contributed by atoms with Crippen LogP contribution in [0, 0.1) is 0 Å². The molecule has 0 bridgehead atoms. The number of hydrogen-bond donors (Lipinski definition) is 1. The van der Waals surface area contributed by atoms with Crippen molar-refractivity contribution in [3.05, 3.63) is 66.4 Å². The average Bonchev–Trinajstić information content (AvgIpc) is 3.07. The molecule has 124 valence electrons. The van der Waals surface area contributed by atoms with Gasteiger partial charge in [-0.2, -0.15) is 0 Å². The van der Waals surface area contributed by atoms with Gasteiger partial charge < -0.3 is 14.6 Å². The lowest BCUT2D eigenvalue weighted by molar-refractivity contribution is -0.129. The normalized spacial score (nSPS) is 13.5. The van der Waals surface area contributed by atoms with Crippen LogP contribution >= 0.6 is 0 Å². The van der Waals surface area contributed by atoms with Gasteiger partial charge in [-0.1, -0.05) is 31.2 Å². The van der Waals surface area contributed by atoms with Gasteiger partial charge in [0.2, 0.25) is 5.91 Å². The van der Waals surface area contributed by atoms with Gasteiger partial charge in [0, 0.05) is 31.1 Å². The van der Waals surface area contributed by atoms with Crippen LogP contribution in [0.3, 0.4) is 0 Å². The van der Waals surface area contributed by atoms with Crippen LogP contribution in [0.2, 0.25) is 0 Å². The fourth-order valence-electron chi connectivity index (χ4n) is 2.85. The smallest absolute Gasteiger partial charge is 0.245 e. The molecule has 1 N–H and O–H groups in total. The number of benzene rings is 2. The Hall–Kier alpha value is -2.75.